The van der Waals surface area contributed by atoms with Gasteiger partial charge in [-0.25, -0.2) is 21.6 Å². The van der Waals surface area contributed by atoms with Gasteiger partial charge in [-0.15, -0.1) is 0 Å². The number of amides is 1. The molecule has 3 rings (SSSR count). The number of nitrogens with zero attached hydrogens (tertiary/aromatic N) is 1. The highest BCUT2D eigenvalue weighted by Crippen LogP contribution is 2.28. The van der Waals surface area contributed by atoms with Crippen LogP contribution < -0.4 is 9.46 Å². The van der Waals surface area contributed by atoms with Crippen molar-refractivity contribution in [1.82, 2.24) is 9.62 Å². The lowest BCUT2D eigenvalue weighted by Crippen LogP contribution is -2.29. The number of carbonyl (C=O) groups excluding carboxylic acids is 1. The Morgan fingerprint density at radius 2 is 1.75 bits per heavy atom. The van der Waals surface area contributed by atoms with Crippen molar-refractivity contribution in [1.29, 1.82) is 0 Å². The largest absolute Gasteiger partial charge is 0.493 e. The van der Waals surface area contributed by atoms with Gasteiger partial charge in [0.05, 0.1) is 16.4 Å². The van der Waals surface area contributed by atoms with Crippen molar-refractivity contribution < 1.29 is 26.4 Å². The van der Waals surface area contributed by atoms with Crippen LogP contribution in [0.3, 0.4) is 0 Å². The average molecular weight is 481 g/mol. The van der Waals surface area contributed by atoms with E-state index < -0.39 is 19.9 Å². The van der Waals surface area contributed by atoms with Crippen LogP contribution >= 0.6 is 0 Å². The molecule has 2 aromatic carbocycles. The van der Waals surface area contributed by atoms with Crippen molar-refractivity contribution in [3.8, 4) is 5.75 Å². The van der Waals surface area contributed by atoms with Crippen LogP contribution in [0.15, 0.2) is 58.3 Å². The summed E-state index contributed by atoms with van der Waals surface area (Å²) in [6, 6.07) is 12.3. The molecule has 0 atom stereocenters. The molecule has 0 aliphatic heterocycles. The number of hydrogen-bond donors (Lipinski definition) is 1. The molecule has 1 fully saturated rings. The summed E-state index contributed by atoms with van der Waals surface area (Å²) in [6.07, 6.45) is 3.74. The summed E-state index contributed by atoms with van der Waals surface area (Å²) in [5.41, 5.74) is 0.295. The quantitative estimate of drug-likeness (QED) is 0.494. The molecule has 8 nitrogen and oxygen atoms in total. The van der Waals surface area contributed by atoms with Gasteiger partial charge in [-0.2, -0.15) is 0 Å². The van der Waals surface area contributed by atoms with E-state index in [0.29, 0.717) is 43.3 Å². The molecule has 0 spiro atoms. The second kappa shape index (κ2) is 10.0. The lowest BCUT2D eigenvalue weighted by Gasteiger charge is -2.18. The van der Waals surface area contributed by atoms with Gasteiger partial charge in [0.1, 0.15) is 5.75 Å². The van der Waals surface area contributed by atoms with Gasteiger partial charge >= 0.3 is 0 Å². The van der Waals surface area contributed by atoms with Crippen molar-refractivity contribution in [2.75, 3.05) is 33.0 Å². The highest BCUT2D eigenvalue weighted by atomic mass is 32.2. The zero-order chi connectivity index (χ0) is 23.4. The number of hydrogen-bond acceptors (Lipinski definition) is 6. The number of sulfonamides is 1. The van der Waals surface area contributed by atoms with Crippen molar-refractivity contribution in [2.45, 2.75) is 29.1 Å². The van der Waals surface area contributed by atoms with E-state index in [1.807, 2.05) is 0 Å². The van der Waals surface area contributed by atoms with Crippen LogP contribution in [0.4, 0.5) is 0 Å². The first-order chi connectivity index (χ1) is 15.1. The Kier molecular flexibility index (Phi) is 7.58. The van der Waals surface area contributed by atoms with E-state index in [1.165, 1.54) is 29.2 Å². The van der Waals surface area contributed by atoms with Gasteiger partial charge in [-0.3, -0.25) is 4.79 Å². The molecule has 0 bridgehead atoms. The second-order valence-electron chi connectivity index (χ2n) is 8.00. The zero-order valence-corrected chi connectivity index (χ0v) is 19.8. The molecule has 1 N–H and O–H groups in total. The monoisotopic (exact) mass is 480 g/mol. The summed E-state index contributed by atoms with van der Waals surface area (Å²) in [6.45, 7) is 1.11. The summed E-state index contributed by atoms with van der Waals surface area (Å²) in [5.74, 6) is 0.568. The topological polar surface area (TPSA) is 110 Å². The Balaban J connectivity index is 1.52. The van der Waals surface area contributed by atoms with Gasteiger partial charge in [0.25, 0.3) is 5.91 Å². The van der Waals surface area contributed by atoms with E-state index in [2.05, 4.69) is 4.72 Å². The van der Waals surface area contributed by atoms with Crippen LogP contribution in [0.25, 0.3) is 0 Å². The number of sulfone groups is 1. The highest BCUT2D eigenvalue weighted by Gasteiger charge is 2.25. The summed E-state index contributed by atoms with van der Waals surface area (Å²) in [5, 5.41) is 0. The molecule has 32 heavy (non-hydrogen) atoms. The SMILES string of the molecule is CN(CCCOc1cccc(S(C)(=O)=O)c1)C(=O)c1cccc(S(=O)(=O)NCC2CC2)c1. The first-order valence-electron chi connectivity index (χ1n) is 10.3. The fourth-order valence-electron chi connectivity index (χ4n) is 3.04. The zero-order valence-electron chi connectivity index (χ0n) is 18.2. The average Bonchev–Trinajstić information content (AvgIpc) is 3.59. The predicted molar refractivity (Wildman–Crippen MR) is 121 cm³/mol. The van der Waals surface area contributed by atoms with Crippen LogP contribution in [0, 0.1) is 5.92 Å². The molecule has 0 saturated heterocycles. The molecule has 1 saturated carbocycles. The van der Waals surface area contributed by atoms with Crippen LogP contribution in [0.1, 0.15) is 29.6 Å². The molecule has 0 radical (unpaired) electrons. The molecule has 1 aliphatic rings. The van der Waals surface area contributed by atoms with Crippen molar-refractivity contribution >= 4 is 25.8 Å². The van der Waals surface area contributed by atoms with E-state index in [1.54, 1.807) is 31.3 Å². The van der Waals surface area contributed by atoms with Crippen molar-refractivity contribution in [3.63, 3.8) is 0 Å². The Morgan fingerprint density at radius 1 is 1.06 bits per heavy atom. The Bertz CT molecular complexity index is 1170. The second-order valence-corrected chi connectivity index (χ2v) is 11.8. The molecular formula is C22H28N2O6S2. The van der Waals surface area contributed by atoms with E-state index in [9.17, 15) is 21.6 Å². The first-order valence-corrected chi connectivity index (χ1v) is 13.7. The minimum absolute atomic E-state index is 0.0755. The first kappa shape index (κ1) is 24.2. The Hall–Kier alpha value is -2.43. The molecular weight excluding hydrogens is 452 g/mol. The normalized spacial score (nSPS) is 14.2. The summed E-state index contributed by atoms with van der Waals surface area (Å²) >= 11 is 0. The molecule has 174 valence electrons. The van der Waals surface area contributed by atoms with Crippen molar-refractivity contribution in [2.24, 2.45) is 5.92 Å². The molecule has 10 heteroatoms. The molecule has 0 heterocycles. The van der Waals surface area contributed by atoms with Crippen LogP contribution in [0.2, 0.25) is 0 Å². The number of carbonyl (C=O) groups is 1. The third-order valence-electron chi connectivity index (χ3n) is 5.14. The van der Waals surface area contributed by atoms with E-state index in [-0.39, 0.29) is 15.7 Å². The van der Waals surface area contributed by atoms with E-state index in [4.69, 9.17) is 4.74 Å². The molecule has 1 amide bonds. The predicted octanol–water partition coefficient (Wildman–Crippen LogP) is 2.32. The standard InChI is InChI=1S/C22H28N2O6S2/c1-24(12-5-13-30-19-7-4-8-20(15-19)31(2,26)27)22(25)18-6-3-9-21(14-18)32(28,29)23-16-17-10-11-17/h3-4,6-9,14-15,17,23H,5,10-13,16H2,1-2H3. The summed E-state index contributed by atoms with van der Waals surface area (Å²) in [4.78, 5) is 14.5. The third-order valence-corrected chi connectivity index (χ3v) is 7.67. The van der Waals surface area contributed by atoms with Crippen molar-refractivity contribution in [3.05, 3.63) is 54.1 Å². The molecule has 0 aromatic heterocycles. The van der Waals surface area contributed by atoms with Crippen LogP contribution in [-0.2, 0) is 19.9 Å². The maximum absolute atomic E-state index is 12.7. The van der Waals surface area contributed by atoms with Gasteiger partial charge < -0.3 is 9.64 Å². The molecule has 1 aliphatic carbocycles. The van der Waals surface area contributed by atoms with Gasteiger partial charge in [-0.1, -0.05) is 12.1 Å². The maximum Gasteiger partial charge on any atom is 0.253 e. The fraction of sp³-hybridized carbons (Fsp3) is 0.409. The maximum atomic E-state index is 12.7. The molecule has 0 unspecified atom stereocenters. The third kappa shape index (κ3) is 6.78. The number of nitrogens with one attached hydrogen (secondary N) is 1. The highest BCUT2D eigenvalue weighted by molar-refractivity contribution is 7.90. The Morgan fingerprint density at radius 3 is 2.44 bits per heavy atom. The van der Waals surface area contributed by atoms with E-state index >= 15 is 0 Å². The van der Waals surface area contributed by atoms with Crippen LogP contribution in [0.5, 0.6) is 5.75 Å². The lowest BCUT2D eigenvalue weighted by atomic mass is 10.2. The van der Waals surface area contributed by atoms with Gasteiger partial charge in [-0.05, 0) is 61.6 Å². The smallest absolute Gasteiger partial charge is 0.253 e. The number of benzene rings is 2. The van der Waals surface area contributed by atoms with Gasteiger partial charge in [0.2, 0.25) is 10.0 Å². The van der Waals surface area contributed by atoms with Gasteiger partial charge in [0.15, 0.2) is 9.84 Å². The molecule has 2 aromatic rings. The van der Waals surface area contributed by atoms with Gasteiger partial charge in [0, 0.05) is 32.0 Å². The summed E-state index contributed by atoms with van der Waals surface area (Å²) in [7, 11) is -5.32. The number of rotatable bonds is 11. The minimum Gasteiger partial charge on any atom is -0.493 e. The van der Waals surface area contributed by atoms with E-state index in [0.717, 1.165) is 19.1 Å². The van der Waals surface area contributed by atoms with Crippen LogP contribution in [-0.4, -0.2) is 60.6 Å². The minimum atomic E-state index is -3.65. The lowest BCUT2D eigenvalue weighted by molar-refractivity contribution is 0.0787. The number of ether oxygens (including phenoxy) is 1. The fourth-order valence-corrected chi connectivity index (χ4v) is 4.86. The summed E-state index contributed by atoms with van der Waals surface area (Å²) < 4.78 is 56.4. The Labute approximate surface area is 189 Å².